The van der Waals surface area contributed by atoms with Crippen LogP contribution in [0.15, 0.2) is 46.5 Å². The molecule has 1 aromatic heterocycles. The van der Waals surface area contributed by atoms with E-state index in [0.29, 0.717) is 11.8 Å². The van der Waals surface area contributed by atoms with Crippen molar-refractivity contribution in [1.82, 2.24) is 9.55 Å². The van der Waals surface area contributed by atoms with Crippen LogP contribution in [-0.4, -0.2) is 33.0 Å². The van der Waals surface area contributed by atoms with Gasteiger partial charge in [0, 0.05) is 18.0 Å². The lowest BCUT2D eigenvalue weighted by Gasteiger charge is -2.11. The van der Waals surface area contributed by atoms with Crippen LogP contribution in [0.25, 0.3) is 5.69 Å². The molecule has 0 aliphatic rings. The summed E-state index contributed by atoms with van der Waals surface area (Å²) in [7, 11) is 0. The topological polar surface area (TPSA) is 81.4 Å². The van der Waals surface area contributed by atoms with Gasteiger partial charge in [0.25, 0.3) is 5.56 Å². The number of carbonyl (C=O) groups is 1. The highest BCUT2D eigenvalue weighted by atomic mass is 32.2. The number of hydrogen-bond acceptors (Lipinski definition) is 5. The molecular formula is C14H14N2O4S. The second kappa shape index (κ2) is 6.94. The van der Waals surface area contributed by atoms with Crippen LogP contribution in [0, 0.1) is 0 Å². The number of rotatable bonds is 6. The SMILES string of the molecule is CCOc1ccc(-n2ccc(=O)nc2SCC(=O)O)cc1. The Morgan fingerprint density at radius 1 is 1.33 bits per heavy atom. The minimum absolute atomic E-state index is 0.159. The molecule has 0 amide bonds. The molecule has 2 rings (SSSR count). The summed E-state index contributed by atoms with van der Waals surface area (Å²) in [6, 6.07) is 8.59. The van der Waals surface area contributed by atoms with Crippen molar-refractivity contribution in [1.29, 1.82) is 0 Å². The van der Waals surface area contributed by atoms with Crippen molar-refractivity contribution in [3.8, 4) is 11.4 Å². The fourth-order valence-electron chi connectivity index (χ4n) is 1.68. The molecule has 1 heterocycles. The molecule has 1 N–H and O–H groups in total. The molecule has 0 atom stereocenters. The molecule has 1 aromatic carbocycles. The third-order valence-corrected chi connectivity index (χ3v) is 3.47. The van der Waals surface area contributed by atoms with Crippen molar-refractivity contribution in [2.75, 3.05) is 12.4 Å². The number of thioether (sulfide) groups is 1. The van der Waals surface area contributed by atoms with E-state index < -0.39 is 11.5 Å². The highest BCUT2D eigenvalue weighted by Gasteiger charge is 2.08. The molecular weight excluding hydrogens is 292 g/mol. The number of nitrogens with zero attached hydrogens (tertiary/aromatic N) is 2. The summed E-state index contributed by atoms with van der Waals surface area (Å²) in [4.78, 5) is 25.9. The van der Waals surface area contributed by atoms with Gasteiger partial charge in [-0.15, -0.1) is 0 Å². The summed E-state index contributed by atoms with van der Waals surface area (Å²) in [6.07, 6.45) is 1.58. The van der Waals surface area contributed by atoms with Crippen molar-refractivity contribution in [2.45, 2.75) is 12.1 Å². The van der Waals surface area contributed by atoms with E-state index in [2.05, 4.69) is 4.98 Å². The minimum atomic E-state index is -0.962. The van der Waals surface area contributed by atoms with Gasteiger partial charge in [-0.2, -0.15) is 4.98 Å². The van der Waals surface area contributed by atoms with Gasteiger partial charge >= 0.3 is 5.97 Å². The Morgan fingerprint density at radius 3 is 2.67 bits per heavy atom. The lowest BCUT2D eigenvalue weighted by molar-refractivity contribution is -0.133. The fourth-order valence-corrected chi connectivity index (χ4v) is 2.39. The Hall–Kier alpha value is -2.28. The second-order valence-electron chi connectivity index (χ2n) is 4.03. The Morgan fingerprint density at radius 2 is 2.05 bits per heavy atom. The van der Waals surface area contributed by atoms with Crippen LogP contribution in [0.3, 0.4) is 0 Å². The fraction of sp³-hybridized carbons (Fsp3) is 0.214. The lowest BCUT2D eigenvalue weighted by Crippen LogP contribution is -2.13. The standard InChI is InChI=1S/C14H14N2O4S/c1-2-20-11-5-3-10(4-6-11)16-8-7-12(17)15-14(16)21-9-13(18)19/h3-8H,2,9H2,1H3,(H,18,19). The van der Waals surface area contributed by atoms with Gasteiger partial charge in [-0.1, -0.05) is 11.8 Å². The maximum Gasteiger partial charge on any atom is 0.313 e. The van der Waals surface area contributed by atoms with Crippen molar-refractivity contribution >= 4 is 17.7 Å². The van der Waals surface area contributed by atoms with Gasteiger partial charge in [0.1, 0.15) is 5.75 Å². The first-order chi connectivity index (χ1) is 10.1. The molecule has 0 bridgehead atoms. The molecule has 0 aliphatic carbocycles. The lowest BCUT2D eigenvalue weighted by atomic mass is 10.3. The number of aromatic nitrogens is 2. The van der Waals surface area contributed by atoms with Crippen molar-refractivity contribution in [3.05, 3.63) is 46.9 Å². The third-order valence-electron chi connectivity index (χ3n) is 2.53. The quantitative estimate of drug-likeness (QED) is 0.647. The van der Waals surface area contributed by atoms with E-state index in [1.54, 1.807) is 10.8 Å². The van der Waals surface area contributed by atoms with Crippen LogP contribution >= 0.6 is 11.8 Å². The zero-order chi connectivity index (χ0) is 15.2. The predicted molar refractivity (Wildman–Crippen MR) is 79.4 cm³/mol. The molecule has 2 aromatic rings. The normalized spacial score (nSPS) is 10.3. The number of aliphatic carboxylic acids is 1. The van der Waals surface area contributed by atoms with Crippen LogP contribution in [0.4, 0.5) is 0 Å². The minimum Gasteiger partial charge on any atom is -0.494 e. The maximum absolute atomic E-state index is 11.4. The average Bonchev–Trinajstić information content (AvgIpc) is 2.46. The Kier molecular flexibility index (Phi) is 4.99. The summed E-state index contributed by atoms with van der Waals surface area (Å²) < 4.78 is 7.04. The predicted octanol–water partition coefficient (Wildman–Crippen LogP) is 1.81. The maximum atomic E-state index is 11.4. The van der Waals surface area contributed by atoms with Crippen LogP contribution in [0.1, 0.15) is 6.92 Å². The smallest absolute Gasteiger partial charge is 0.313 e. The van der Waals surface area contributed by atoms with Crippen LogP contribution in [-0.2, 0) is 4.79 Å². The van der Waals surface area contributed by atoms with Crippen LogP contribution in [0.2, 0.25) is 0 Å². The Labute approximate surface area is 125 Å². The van der Waals surface area contributed by atoms with Crippen LogP contribution in [0.5, 0.6) is 5.75 Å². The Balaban J connectivity index is 2.33. The number of ether oxygens (including phenoxy) is 1. The Bertz CT molecular complexity index is 682. The average molecular weight is 306 g/mol. The number of benzene rings is 1. The molecule has 0 saturated carbocycles. The van der Waals surface area contributed by atoms with E-state index in [-0.39, 0.29) is 5.75 Å². The van der Waals surface area contributed by atoms with Gasteiger partial charge in [0.2, 0.25) is 0 Å². The van der Waals surface area contributed by atoms with E-state index in [4.69, 9.17) is 9.84 Å². The highest BCUT2D eigenvalue weighted by molar-refractivity contribution is 7.99. The summed E-state index contributed by atoms with van der Waals surface area (Å²) in [6.45, 7) is 2.48. The largest absolute Gasteiger partial charge is 0.494 e. The second-order valence-corrected chi connectivity index (χ2v) is 4.97. The zero-order valence-electron chi connectivity index (χ0n) is 11.4. The van der Waals surface area contributed by atoms with E-state index in [1.807, 2.05) is 31.2 Å². The van der Waals surface area contributed by atoms with E-state index in [0.717, 1.165) is 23.2 Å². The first kappa shape index (κ1) is 15.1. The van der Waals surface area contributed by atoms with Gasteiger partial charge < -0.3 is 9.84 Å². The van der Waals surface area contributed by atoms with Crippen molar-refractivity contribution in [2.24, 2.45) is 0 Å². The first-order valence-corrected chi connectivity index (χ1v) is 7.26. The third kappa shape index (κ3) is 4.09. The molecule has 0 spiro atoms. The number of hydrogen-bond donors (Lipinski definition) is 1. The molecule has 0 fully saturated rings. The molecule has 21 heavy (non-hydrogen) atoms. The molecule has 0 saturated heterocycles. The summed E-state index contributed by atoms with van der Waals surface area (Å²) in [5, 5.41) is 9.09. The van der Waals surface area contributed by atoms with Crippen molar-refractivity contribution < 1.29 is 14.6 Å². The number of carboxylic acids is 1. The molecule has 0 aliphatic heterocycles. The van der Waals surface area contributed by atoms with E-state index in [9.17, 15) is 9.59 Å². The molecule has 0 unspecified atom stereocenters. The van der Waals surface area contributed by atoms with Gasteiger partial charge in [-0.05, 0) is 31.2 Å². The van der Waals surface area contributed by atoms with Gasteiger partial charge in [-0.3, -0.25) is 14.2 Å². The van der Waals surface area contributed by atoms with E-state index >= 15 is 0 Å². The summed E-state index contributed by atoms with van der Waals surface area (Å²) in [5.41, 5.74) is 0.379. The van der Waals surface area contributed by atoms with Gasteiger partial charge in [-0.25, -0.2) is 0 Å². The van der Waals surface area contributed by atoms with Gasteiger partial charge in [0.15, 0.2) is 5.16 Å². The van der Waals surface area contributed by atoms with Crippen molar-refractivity contribution in [3.63, 3.8) is 0 Å². The molecule has 0 radical (unpaired) electrons. The van der Waals surface area contributed by atoms with Crippen LogP contribution < -0.4 is 10.3 Å². The molecule has 110 valence electrons. The summed E-state index contributed by atoms with van der Waals surface area (Å²) >= 11 is 1.000. The zero-order valence-corrected chi connectivity index (χ0v) is 12.2. The first-order valence-electron chi connectivity index (χ1n) is 6.27. The summed E-state index contributed by atoms with van der Waals surface area (Å²) in [5.74, 6) is -0.376. The molecule has 7 heteroatoms. The van der Waals surface area contributed by atoms with Gasteiger partial charge in [0.05, 0.1) is 12.4 Å². The monoisotopic (exact) mass is 306 g/mol. The molecule has 6 nitrogen and oxygen atoms in total. The number of carboxylic acid groups (broad SMARTS) is 1. The highest BCUT2D eigenvalue weighted by Crippen LogP contribution is 2.20. The van der Waals surface area contributed by atoms with E-state index in [1.165, 1.54) is 6.07 Å².